The van der Waals surface area contributed by atoms with Crippen molar-refractivity contribution < 1.29 is 4.79 Å². The molecule has 30 heavy (non-hydrogen) atoms. The van der Waals surface area contributed by atoms with E-state index in [0.29, 0.717) is 5.56 Å². The smallest absolute Gasteiger partial charge is 0.257 e. The quantitative estimate of drug-likeness (QED) is 0.375. The summed E-state index contributed by atoms with van der Waals surface area (Å²) in [6.07, 6.45) is 0. The molecule has 0 aromatic heterocycles. The van der Waals surface area contributed by atoms with Gasteiger partial charge in [0, 0.05) is 11.3 Å². The Morgan fingerprint density at radius 3 is 1.93 bits per heavy atom. The highest BCUT2D eigenvalue weighted by atomic mass is 32.1. The van der Waals surface area contributed by atoms with Crippen LogP contribution in [0.4, 0.5) is 17.1 Å². The molecule has 3 rings (SSSR count). The number of rotatable bonds is 4. The first-order chi connectivity index (χ1) is 14.3. The highest BCUT2D eigenvalue weighted by Gasteiger charge is 2.14. The van der Waals surface area contributed by atoms with Crippen LogP contribution in [0.15, 0.2) is 89.1 Å². The van der Waals surface area contributed by atoms with Crippen LogP contribution in [-0.2, 0) is 5.41 Å². The number of nitrogens with zero attached hydrogens (tertiary/aromatic N) is 2. The average Bonchev–Trinajstić information content (AvgIpc) is 2.73. The topological polar surface area (TPSA) is 65.8 Å². The maximum absolute atomic E-state index is 12.4. The van der Waals surface area contributed by atoms with Crippen LogP contribution in [0.2, 0.25) is 0 Å². The number of amides is 1. The largest absolute Gasteiger partial charge is 0.332 e. The Labute approximate surface area is 182 Å². The summed E-state index contributed by atoms with van der Waals surface area (Å²) < 4.78 is 0. The van der Waals surface area contributed by atoms with Crippen LogP contribution in [0, 0.1) is 0 Å². The van der Waals surface area contributed by atoms with E-state index in [9.17, 15) is 4.79 Å². The number of carbonyl (C=O) groups excluding carboxylic acids is 1. The Morgan fingerprint density at radius 2 is 1.37 bits per heavy atom. The van der Waals surface area contributed by atoms with Crippen molar-refractivity contribution >= 4 is 40.3 Å². The zero-order valence-electron chi connectivity index (χ0n) is 17.2. The second kappa shape index (κ2) is 9.41. The molecule has 152 valence electrons. The zero-order chi connectivity index (χ0) is 21.6. The molecule has 0 saturated carbocycles. The molecule has 0 aliphatic carbocycles. The van der Waals surface area contributed by atoms with Gasteiger partial charge in [-0.1, -0.05) is 51.1 Å². The van der Waals surface area contributed by atoms with E-state index in [4.69, 9.17) is 12.2 Å². The molecule has 0 atom stereocenters. The van der Waals surface area contributed by atoms with Crippen molar-refractivity contribution in [2.45, 2.75) is 26.2 Å². The maximum Gasteiger partial charge on any atom is 0.257 e. The number of thiocarbonyl (C=S) groups is 1. The van der Waals surface area contributed by atoms with E-state index in [1.54, 1.807) is 0 Å². The van der Waals surface area contributed by atoms with Crippen molar-refractivity contribution in [1.29, 1.82) is 0 Å². The fourth-order valence-corrected chi connectivity index (χ4v) is 2.89. The van der Waals surface area contributed by atoms with Gasteiger partial charge in [0.2, 0.25) is 0 Å². The second-order valence-electron chi connectivity index (χ2n) is 7.82. The third-order valence-electron chi connectivity index (χ3n) is 4.40. The number of anilines is 1. The van der Waals surface area contributed by atoms with Gasteiger partial charge in [-0.25, -0.2) is 0 Å². The summed E-state index contributed by atoms with van der Waals surface area (Å²) >= 11 is 5.26. The number of azo groups is 1. The molecular weight excluding hydrogens is 392 g/mol. The van der Waals surface area contributed by atoms with E-state index in [0.717, 1.165) is 17.1 Å². The van der Waals surface area contributed by atoms with Crippen molar-refractivity contribution in [3.05, 3.63) is 90.0 Å². The molecule has 5 nitrogen and oxygen atoms in total. The highest BCUT2D eigenvalue weighted by molar-refractivity contribution is 7.80. The van der Waals surface area contributed by atoms with E-state index in [-0.39, 0.29) is 16.4 Å². The number of benzene rings is 3. The lowest BCUT2D eigenvalue weighted by Gasteiger charge is -2.19. The Bertz CT molecular complexity index is 1040. The third kappa shape index (κ3) is 6.06. The first-order valence-electron chi connectivity index (χ1n) is 9.61. The summed E-state index contributed by atoms with van der Waals surface area (Å²) in [5.41, 5.74) is 4.03. The average molecular weight is 417 g/mol. The number of hydrogen-bond donors (Lipinski definition) is 2. The Kier molecular flexibility index (Phi) is 6.69. The molecule has 0 spiro atoms. The van der Waals surface area contributed by atoms with Gasteiger partial charge in [-0.15, -0.1) is 0 Å². The van der Waals surface area contributed by atoms with E-state index < -0.39 is 0 Å². The zero-order valence-corrected chi connectivity index (χ0v) is 18.0. The van der Waals surface area contributed by atoms with Crippen molar-refractivity contribution in [3.8, 4) is 0 Å². The molecule has 3 aromatic rings. The van der Waals surface area contributed by atoms with Crippen molar-refractivity contribution in [2.75, 3.05) is 5.32 Å². The standard InChI is InChI=1S/C24H24N4OS/c1-24(2,3)18-11-9-17(10-12-18)22(29)26-23(30)25-19-13-15-21(16-14-19)28-27-20-7-5-4-6-8-20/h4-16H,1-3H3,(H2,25,26,29,30). The van der Waals surface area contributed by atoms with Gasteiger partial charge < -0.3 is 5.32 Å². The van der Waals surface area contributed by atoms with Gasteiger partial charge in [-0.2, -0.15) is 10.2 Å². The summed E-state index contributed by atoms with van der Waals surface area (Å²) in [6.45, 7) is 6.40. The predicted octanol–water partition coefficient (Wildman–Crippen LogP) is 6.53. The van der Waals surface area contributed by atoms with Gasteiger partial charge in [0.05, 0.1) is 11.4 Å². The maximum atomic E-state index is 12.4. The molecule has 0 heterocycles. The minimum atomic E-state index is -0.249. The van der Waals surface area contributed by atoms with Crippen LogP contribution >= 0.6 is 12.2 Å². The van der Waals surface area contributed by atoms with Crippen LogP contribution in [-0.4, -0.2) is 11.0 Å². The lowest BCUT2D eigenvalue weighted by molar-refractivity contribution is 0.0977. The van der Waals surface area contributed by atoms with Gasteiger partial charge in [0.1, 0.15) is 0 Å². The molecule has 3 aromatic carbocycles. The predicted molar refractivity (Wildman–Crippen MR) is 126 cm³/mol. The molecule has 0 aliphatic rings. The fraction of sp³-hybridized carbons (Fsp3) is 0.167. The van der Waals surface area contributed by atoms with E-state index in [1.165, 1.54) is 5.56 Å². The molecule has 0 saturated heterocycles. The van der Waals surface area contributed by atoms with Gasteiger partial charge >= 0.3 is 0 Å². The van der Waals surface area contributed by atoms with Crippen molar-refractivity contribution in [1.82, 2.24) is 5.32 Å². The number of hydrogen-bond acceptors (Lipinski definition) is 4. The van der Waals surface area contributed by atoms with E-state index in [1.807, 2.05) is 78.9 Å². The molecule has 0 unspecified atom stereocenters. The summed E-state index contributed by atoms with van der Waals surface area (Å²) in [4.78, 5) is 12.4. The Hall–Kier alpha value is -3.38. The lowest BCUT2D eigenvalue weighted by Crippen LogP contribution is -2.34. The van der Waals surface area contributed by atoms with Crippen LogP contribution in [0.3, 0.4) is 0 Å². The molecule has 0 radical (unpaired) electrons. The van der Waals surface area contributed by atoms with E-state index in [2.05, 4.69) is 41.6 Å². The summed E-state index contributed by atoms with van der Waals surface area (Å²) in [6, 6.07) is 24.4. The molecular formula is C24H24N4OS. The van der Waals surface area contributed by atoms with Crippen LogP contribution < -0.4 is 10.6 Å². The normalized spacial score (nSPS) is 11.3. The van der Waals surface area contributed by atoms with Crippen LogP contribution in [0.5, 0.6) is 0 Å². The van der Waals surface area contributed by atoms with Gasteiger partial charge in [0.15, 0.2) is 5.11 Å². The molecule has 0 fully saturated rings. The molecule has 0 bridgehead atoms. The SMILES string of the molecule is CC(C)(C)c1ccc(C(=O)NC(=S)Nc2ccc(N=Nc3ccccc3)cc2)cc1. The summed E-state index contributed by atoms with van der Waals surface area (Å²) in [7, 11) is 0. The van der Waals surface area contributed by atoms with Gasteiger partial charge in [-0.05, 0) is 71.7 Å². The lowest BCUT2D eigenvalue weighted by atomic mass is 9.87. The molecule has 2 N–H and O–H groups in total. The first-order valence-corrected chi connectivity index (χ1v) is 10.0. The monoisotopic (exact) mass is 416 g/mol. The Balaban J connectivity index is 1.55. The second-order valence-corrected chi connectivity index (χ2v) is 8.23. The van der Waals surface area contributed by atoms with Crippen LogP contribution in [0.25, 0.3) is 0 Å². The molecule has 6 heteroatoms. The van der Waals surface area contributed by atoms with Gasteiger partial charge in [-0.3, -0.25) is 10.1 Å². The van der Waals surface area contributed by atoms with E-state index >= 15 is 0 Å². The van der Waals surface area contributed by atoms with Crippen molar-refractivity contribution in [3.63, 3.8) is 0 Å². The number of carbonyl (C=O) groups is 1. The summed E-state index contributed by atoms with van der Waals surface area (Å²) in [5.74, 6) is -0.249. The Morgan fingerprint density at radius 1 is 0.800 bits per heavy atom. The van der Waals surface area contributed by atoms with Crippen LogP contribution in [0.1, 0.15) is 36.7 Å². The van der Waals surface area contributed by atoms with Crippen molar-refractivity contribution in [2.24, 2.45) is 10.2 Å². The number of nitrogens with one attached hydrogen (secondary N) is 2. The molecule has 1 amide bonds. The minimum Gasteiger partial charge on any atom is -0.332 e. The summed E-state index contributed by atoms with van der Waals surface area (Å²) in [5, 5.41) is 14.3. The molecule has 0 aliphatic heterocycles. The minimum absolute atomic E-state index is 0.0404. The fourth-order valence-electron chi connectivity index (χ4n) is 2.68. The third-order valence-corrected chi connectivity index (χ3v) is 4.61. The van der Waals surface area contributed by atoms with Gasteiger partial charge in [0.25, 0.3) is 5.91 Å². The first kappa shape index (κ1) is 21.3. The highest BCUT2D eigenvalue weighted by Crippen LogP contribution is 2.22.